The minimum atomic E-state index is -1.05. The van der Waals surface area contributed by atoms with E-state index in [1.165, 1.54) is 6.07 Å². The van der Waals surface area contributed by atoms with Gasteiger partial charge in [-0.05, 0) is 31.4 Å². The molecule has 0 heterocycles. The summed E-state index contributed by atoms with van der Waals surface area (Å²) in [5, 5.41) is 11.7. The highest BCUT2D eigenvalue weighted by Crippen LogP contribution is 2.38. The molecule has 102 valence electrons. The molecule has 1 amide bonds. The van der Waals surface area contributed by atoms with Crippen molar-refractivity contribution in [3.05, 3.63) is 29.8 Å². The standard InChI is InChI=1S/C14H17NO4/c1-19-14(7-4-8-14)9-12(16)15-11-6-3-2-5-10(11)13(17)18/h2-3,5-6H,4,7-9H2,1H3,(H,15,16)(H,17,18). The lowest BCUT2D eigenvalue weighted by Crippen LogP contribution is -2.42. The third-order valence-electron chi connectivity index (χ3n) is 3.61. The maximum atomic E-state index is 12.0. The van der Waals surface area contributed by atoms with E-state index in [0.29, 0.717) is 5.69 Å². The van der Waals surface area contributed by atoms with Crippen LogP contribution in [0.1, 0.15) is 36.0 Å². The van der Waals surface area contributed by atoms with Gasteiger partial charge in [-0.25, -0.2) is 4.79 Å². The molecular formula is C14H17NO4. The van der Waals surface area contributed by atoms with E-state index in [4.69, 9.17) is 9.84 Å². The molecule has 2 N–H and O–H groups in total. The molecule has 5 nitrogen and oxygen atoms in total. The van der Waals surface area contributed by atoms with Crippen molar-refractivity contribution >= 4 is 17.6 Å². The van der Waals surface area contributed by atoms with Crippen molar-refractivity contribution < 1.29 is 19.4 Å². The Balaban J connectivity index is 2.05. The predicted octanol–water partition coefficient (Wildman–Crippen LogP) is 2.28. The number of carbonyl (C=O) groups excluding carboxylic acids is 1. The largest absolute Gasteiger partial charge is 0.478 e. The van der Waals surface area contributed by atoms with Gasteiger partial charge in [0, 0.05) is 7.11 Å². The lowest BCUT2D eigenvalue weighted by Gasteiger charge is -2.39. The average Bonchev–Trinajstić information content (AvgIpc) is 2.34. The SMILES string of the molecule is COC1(CC(=O)Nc2ccccc2C(=O)O)CCC1. The Morgan fingerprint density at radius 2 is 2.05 bits per heavy atom. The molecule has 0 aliphatic heterocycles. The van der Waals surface area contributed by atoms with E-state index in [-0.39, 0.29) is 23.5 Å². The number of hydrogen-bond donors (Lipinski definition) is 2. The molecule has 1 aliphatic rings. The fourth-order valence-corrected chi connectivity index (χ4v) is 2.29. The number of anilines is 1. The number of ether oxygens (including phenoxy) is 1. The van der Waals surface area contributed by atoms with Gasteiger partial charge in [-0.1, -0.05) is 12.1 Å². The summed E-state index contributed by atoms with van der Waals surface area (Å²) in [6.07, 6.45) is 3.07. The normalized spacial score (nSPS) is 16.5. The van der Waals surface area contributed by atoms with E-state index >= 15 is 0 Å². The summed E-state index contributed by atoms with van der Waals surface area (Å²) in [5.41, 5.74) is 0.0592. The Hall–Kier alpha value is -1.88. The number of carbonyl (C=O) groups is 2. The number of nitrogens with one attached hydrogen (secondary N) is 1. The third kappa shape index (κ3) is 2.93. The van der Waals surface area contributed by atoms with E-state index in [9.17, 15) is 9.59 Å². The first kappa shape index (κ1) is 13.5. The highest BCUT2D eigenvalue weighted by molar-refractivity contribution is 6.00. The van der Waals surface area contributed by atoms with Crippen LogP contribution in [0, 0.1) is 0 Å². The second-order valence-corrected chi connectivity index (χ2v) is 4.82. The molecule has 1 saturated carbocycles. The third-order valence-corrected chi connectivity index (χ3v) is 3.61. The summed E-state index contributed by atoms with van der Waals surface area (Å²) in [5.74, 6) is -1.27. The molecule has 1 aromatic rings. The fraction of sp³-hybridized carbons (Fsp3) is 0.429. The number of carboxylic acid groups (broad SMARTS) is 1. The van der Waals surface area contributed by atoms with Gasteiger partial charge < -0.3 is 15.2 Å². The van der Waals surface area contributed by atoms with Crippen LogP contribution in [0.25, 0.3) is 0 Å². The average molecular weight is 263 g/mol. The van der Waals surface area contributed by atoms with E-state index in [2.05, 4.69) is 5.32 Å². The lowest BCUT2D eigenvalue weighted by atomic mass is 9.77. The van der Waals surface area contributed by atoms with Crippen molar-refractivity contribution in [2.75, 3.05) is 12.4 Å². The molecule has 1 aromatic carbocycles. The quantitative estimate of drug-likeness (QED) is 0.854. The predicted molar refractivity (Wildman–Crippen MR) is 70.2 cm³/mol. The molecule has 5 heteroatoms. The second kappa shape index (κ2) is 5.40. The molecule has 0 saturated heterocycles. The smallest absolute Gasteiger partial charge is 0.337 e. The molecule has 0 radical (unpaired) electrons. The number of amides is 1. The van der Waals surface area contributed by atoms with Crippen molar-refractivity contribution in [3.8, 4) is 0 Å². The number of rotatable bonds is 5. The monoisotopic (exact) mass is 263 g/mol. The highest BCUT2D eigenvalue weighted by atomic mass is 16.5. The first-order chi connectivity index (χ1) is 9.06. The van der Waals surface area contributed by atoms with Crippen LogP contribution in [0.15, 0.2) is 24.3 Å². The lowest BCUT2D eigenvalue weighted by molar-refractivity contribution is -0.129. The number of benzene rings is 1. The molecule has 1 aliphatic carbocycles. The number of methoxy groups -OCH3 is 1. The van der Waals surface area contributed by atoms with Crippen LogP contribution >= 0.6 is 0 Å². The van der Waals surface area contributed by atoms with Gasteiger partial charge in [-0.2, -0.15) is 0 Å². The molecule has 0 bridgehead atoms. The van der Waals surface area contributed by atoms with Crippen molar-refractivity contribution in [1.82, 2.24) is 0 Å². The second-order valence-electron chi connectivity index (χ2n) is 4.82. The van der Waals surface area contributed by atoms with E-state index < -0.39 is 5.97 Å². The minimum Gasteiger partial charge on any atom is -0.478 e. The molecule has 0 unspecified atom stereocenters. The van der Waals surface area contributed by atoms with Crippen LogP contribution in [-0.4, -0.2) is 29.7 Å². The zero-order chi connectivity index (χ0) is 13.9. The number of carboxylic acids is 1. The summed E-state index contributed by atoms with van der Waals surface area (Å²) >= 11 is 0. The van der Waals surface area contributed by atoms with Gasteiger partial charge in [-0.15, -0.1) is 0 Å². The van der Waals surface area contributed by atoms with Crippen LogP contribution < -0.4 is 5.32 Å². The molecule has 0 aromatic heterocycles. The summed E-state index contributed by atoms with van der Waals surface area (Å²) in [4.78, 5) is 23.0. The Bertz CT molecular complexity index is 488. The summed E-state index contributed by atoms with van der Waals surface area (Å²) in [6.45, 7) is 0. The zero-order valence-corrected chi connectivity index (χ0v) is 10.8. The molecule has 1 fully saturated rings. The van der Waals surface area contributed by atoms with Gasteiger partial charge in [0.05, 0.1) is 23.3 Å². The summed E-state index contributed by atoms with van der Waals surface area (Å²) in [7, 11) is 1.61. The minimum absolute atomic E-state index is 0.0935. The number of aromatic carboxylic acids is 1. The number of para-hydroxylation sites is 1. The Kier molecular flexibility index (Phi) is 3.85. The van der Waals surface area contributed by atoms with Crippen LogP contribution in [0.3, 0.4) is 0 Å². The Morgan fingerprint density at radius 3 is 2.58 bits per heavy atom. The maximum absolute atomic E-state index is 12.0. The van der Waals surface area contributed by atoms with Crippen LogP contribution in [0.5, 0.6) is 0 Å². The first-order valence-corrected chi connectivity index (χ1v) is 6.24. The van der Waals surface area contributed by atoms with Crippen molar-refractivity contribution in [2.24, 2.45) is 0 Å². The van der Waals surface area contributed by atoms with Gasteiger partial charge in [0.15, 0.2) is 0 Å². The molecule has 19 heavy (non-hydrogen) atoms. The van der Waals surface area contributed by atoms with Gasteiger partial charge in [-0.3, -0.25) is 4.79 Å². The van der Waals surface area contributed by atoms with Crippen LogP contribution in [-0.2, 0) is 9.53 Å². The zero-order valence-electron chi connectivity index (χ0n) is 10.8. The van der Waals surface area contributed by atoms with E-state index in [1.807, 2.05) is 0 Å². The van der Waals surface area contributed by atoms with Gasteiger partial charge >= 0.3 is 5.97 Å². The van der Waals surface area contributed by atoms with E-state index in [0.717, 1.165) is 19.3 Å². The molecular weight excluding hydrogens is 246 g/mol. The number of hydrogen-bond acceptors (Lipinski definition) is 3. The van der Waals surface area contributed by atoms with Crippen molar-refractivity contribution in [2.45, 2.75) is 31.3 Å². The van der Waals surface area contributed by atoms with Gasteiger partial charge in [0.1, 0.15) is 0 Å². The highest BCUT2D eigenvalue weighted by Gasteiger charge is 2.39. The first-order valence-electron chi connectivity index (χ1n) is 6.24. The van der Waals surface area contributed by atoms with E-state index in [1.54, 1.807) is 25.3 Å². The van der Waals surface area contributed by atoms with Gasteiger partial charge in [0.2, 0.25) is 5.91 Å². The summed E-state index contributed by atoms with van der Waals surface area (Å²) < 4.78 is 5.38. The van der Waals surface area contributed by atoms with Crippen molar-refractivity contribution in [3.63, 3.8) is 0 Å². The van der Waals surface area contributed by atoms with Gasteiger partial charge in [0.25, 0.3) is 0 Å². The molecule has 0 atom stereocenters. The summed E-state index contributed by atoms with van der Waals surface area (Å²) in [6, 6.07) is 6.37. The van der Waals surface area contributed by atoms with Crippen LogP contribution in [0.4, 0.5) is 5.69 Å². The Labute approximate surface area is 111 Å². The Morgan fingerprint density at radius 1 is 1.37 bits per heavy atom. The maximum Gasteiger partial charge on any atom is 0.337 e. The van der Waals surface area contributed by atoms with Crippen LogP contribution in [0.2, 0.25) is 0 Å². The fourth-order valence-electron chi connectivity index (χ4n) is 2.29. The molecule has 2 rings (SSSR count). The topological polar surface area (TPSA) is 75.6 Å². The van der Waals surface area contributed by atoms with Crippen molar-refractivity contribution in [1.29, 1.82) is 0 Å². The molecule has 0 spiro atoms.